The third-order valence-corrected chi connectivity index (χ3v) is 15.4. The summed E-state index contributed by atoms with van der Waals surface area (Å²) in [5.41, 5.74) is 0.912. The number of aliphatic carboxylic acids is 1. The van der Waals surface area contributed by atoms with Gasteiger partial charge in [0.05, 0.1) is 90.5 Å². The number of hydrogen-bond donors (Lipinski definition) is 3. The van der Waals surface area contributed by atoms with Gasteiger partial charge < -0.3 is 42.8 Å². The number of benzene rings is 2. The average Bonchev–Trinajstić information content (AvgIpc) is 3.64. The molecule has 4 rings (SSSR count). The average molecular weight is 1150 g/mol. The first-order valence-electron chi connectivity index (χ1n) is 22.9. The van der Waals surface area contributed by atoms with Crippen molar-refractivity contribution in [1.82, 2.24) is 0 Å². The molecule has 2 unspecified atom stereocenters. The van der Waals surface area contributed by atoms with Gasteiger partial charge in [0.2, 0.25) is 5.69 Å². The van der Waals surface area contributed by atoms with E-state index in [0.29, 0.717) is 99.4 Å². The summed E-state index contributed by atoms with van der Waals surface area (Å²) in [6, 6.07) is 8.02. The fourth-order valence-corrected chi connectivity index (χ4v) is 10.7. The van der Waals surface area contributed by atoms with Crippen molar-refractivity contribution in [3.63, 3.8) is 0 Å². The van der Waals surface area contributed by atoms with Crippen LogP contribution in [0.2, 0.25) is 0 Å². The first kappa shape index (κ1) is 71.1. The molecule has 0 aliphatic carbocycles. The number of allylic oxidation sites excluding steroid dienone is 6. The van der Waals surface area contributed by atoms with Gasteiger partial charge in [-0.25, -0.2) is 16.8 Å². The Kier molecular flexibility index (Phi) is 31.6. The standard InChI is InChI=1S/C46H66N2O19S4.3Na/c1-45(19-10-32-68(51,52)53)38-34-36(70(57,58)59)15-17-40(38)47(21-9-5-8-14-44(49)50)42(45)12-6-4-7-13-43-46(2,20-11-33-69(54,55)56)39-35-37(71(60,61)62)16-18-41(39)48(43)22-23-64-26-27-66-30-31-67-29-28-65-25-24-63-3;;;/h4,6-7,12-13,15-18,34-35H,5,8-11,14,19-33H2,1-3H3,(H4-,49,50,51,52,53,54,55,56,57,58,59,60,61,62);;;/q;3*+1/p-1. The Labute approximate surface area is 502 Å². The van der Waals surface area contributed by atoms with Crippen molar-refractivity contribution in [2.75, 3.05) is 96.1 Å². The molecule has 0 amide bonds. The van der Waals surface area contributed by atoms with Gasteiger partial charge in [-0.05, 0) is 94.3 Å². The normalized spacial score (nSPS) is 18.4. The van der Waals surface area contributed by atoms with Crippen LogP contribution in [0.5, 0.6) is 0 Å². The molecule has 3 N–H and O–H groups in total. The largest absolute Gasteiger partial charge is 1.00 e. The Bertz CT molecular complexity index is 2740. The minimum absolute atomic E-state index is 0. The number of fused-ring (bicyclic) bond motifs is 2. The van der Waals surface area contributed by atoms with Crippen LogP contribution < -0.4 is 93.6 Å². The smallest absolute Gasteiger partial charge is 0.748 e. The summed E-state index contributed by atoms with van der Waals surface area (Å²) < 4.78 is 169. The zero-order chi connectivity index (χ0) is 52.5. The second-order valence-corrected chi connectivity index (χ2v) is 23.2. The number of carboxylic acid groups (broad SMARTS) is 1. The molecule has 2 atom stereocenters. The molecule has 2 aliphatic heterocycles. The Morgan fingerprint density at radius 2 is 1.23 bits per heavy atom. The summed E-state index contributed by atoms with van der Waals surface area (Å²) in [4.78, 5) is 12.2. The van der Waals surface area contributed by atoms with Gasteiger partial charge in [0.1, 0.15) is 16.7 Å². The topological polar surface area (TPSA) is 313 Å². The van der Waals surface area contributed by atoms with E-state index in [1.165, 1.54) is 36.4 Å². The van der Waals surface area contributed by atoms with Crippen molar-refractivity contribution in [2.24, 2.45) is 0 Å². The third kappa shape index (κ3) is 22.3. The van der Waals surface area contributed by atoms with Gasteiger partial charge in [-0.3, -0.25) is 13.9 Å². The molecule has 2 aromatic rings. The van der Waals surface area contributed by atoms with Crippen LogP contribution in [-0.4, -0.2) is 164 Å². The van der Waals surface area contributed by atoms with Crippen molar-refractivity contribution < 1.29 is 179 Å². The monoisotopic (exact) mass is 1150 g/mol. The van der Waals surface area contributed by atoms with Crippen LogP contribution in [-0.2, 0) is 79.8 Å². The Morgan fingerprint density at radius 1 is 0.676 bits per heavy atom. The summed E-state index contributed by atoms with van der Waals surface area (Å²) in [6.07, 6.45) is 9.89. The molecule has 398 valence electrons. The number of anilines is 1. The van der Waals surface area contributed by atoms with E-state index in [1.54, 1.807) is 51.3 Å². The van der Waals surface area contributed by atoms with Crippen molar-refractivity contribution in [2.45, 2.75) is 85.8 Å². The molecule has 0 bridgehead atoms. The number of hydrogen-bond acceptors (Lipinski definition) is 17. The maximum atomic E-state index is 12.4. The van der Waals surface area contributed by atoms with E-state index in [4.69, 9.17) is 28.8 Å². The predicted molar refractivity (Wildman–Crippen MR) is 260 cm³/mol. The third-order valence-electron chi connectivity index (χ3n) is 12.2. The van der Waals surface area contributed by atoms with Gasteiger partial charge in [0.25, 0.3) is 20.2 Å². The second-order valence-electron chi connectivity index (χ2n) is 17.3. The quantitative estimate of drug-likeness (QED) is 0.0195. The Morgan fingerprint density at radius 3 is 1.78 bits per heavy atom. The van der Waals surface area contributed by atoms with Crippen LogP contribution in [0.25, 0.3) is 0 Å². The molecule has 0 radical (unpaired) electrons. The molecular weight excluding hydrogens is 1080 g/mol. The zero-order valence-corrected chi connectivity index (χ0v) is 52.4. The van der Waals surface area contributed by atoms with E-state index in [2.05, 4.69) is 0 Å². The molecule has 2 heterocycles. The fourth-order valence-electron chi connectivity index (χ4n) is 8.74. The molecule has 0 saturated carbocycles. The summed E-state index contributed by atoms with van der Waals surface area (Å²) in [6.45, 7) is 7.17. The number of nitrogens with zero attached hydrogens (tertiary/aromatic N) is 2. The van der Waals surface area contributed by atoms with E-state index in [0.717, 1.165) is 0 Å². The number of rotatable bonds is 34. The van der Waals surface area contributed by atoms with Crippen LogP contribution in [0.1, 0.15) is 76.3 Å². The molecule has 74 heavy (non-hydrogen) atoms. The predicted octanol–water partition coefficient (Wildman–Crippen LogP) is -4.67. The number of carboxylic acids is 1. The minimum Gasteiger partial charge on any atom is -0.748 e. The number of methoxy groups -OCH3 is 1. The van der Waals surface area contributed by atoms with Crippen LogP contribution in [0.4, 0.5) is 11.4 Å². The molecule has 21 nitrogen and oxygen atoms in total. The van der Waals surface area contributed by atoms with Crippen molar-refractivity contribution in [3.05, 3.63) is 83.6 Å². The molecule has 0 fully saturated rings. The number of ether oxygens (including phenoxy) is 5. The van der Waals surface area contributed by atoms with Gasteiger partial charge in [-0.2, -0.15) is 21.4 Å². The zero-order valence-electron chi connectivity index (χ0n) is 43.1. The SMILES string of the molecule is COCCOCCOCCOCCOCCN1C(=CC=CC=CC2=[N+](CCCCCC(=O)O)c3ccc(S(=O)(=O)[O-])cc3C2(C)CCCS(=O)(=O)[O-])C(C)(CCCS(=O)(=O)O)c2cc(S(=O)(=O)O)ccc21.[Na+].[Na+].[Na+]. The summed E-state index contributed by atoms with van der Waals surface area (Å²) in [7, 11) is -17.0. The first-order chi connectivity index (χ1) is 33.3. The van der Waals surface area contributed by atoms with Gasteiger partial charge in [0.15, 0.2) is 5.71 Å². The molecule has 0 saturated heterocycles. The van der Waals surface area contributed by atoms with Gasteiger partial charge in [-0.15, -0.1) is 0 Å². The summed E-state index contributed by atoms with van der Waals surface area (Å²) in [5.74, 6) is -2.24. The van der Waals surface area contributed by atoms with Crippen LogP contribution in [0.3, 0.4) is 0 Å². The molecular formula is C46H65N2Na3O19S4+2. The second kappa shape index (κ2) is 33.0. The fraction of sp³-hybridized carbons (Fsp3) is 0.565. The van der Waals surface area contributed by atoms with Crippen LogP contribution >= 0.6 is 0 Å². The van der Waals surface area contributed by atoms with Gasteiger partial charge in [0, 0.05) is 66.8 Å². The molecule has 0 aromatic heterocycles. The Hall–Kier alpha value is -0.960. The molecule has 0 spiro atoms. The number of carbonyl (C=O) groups is 1. The van der Waals surface area contributed by atoms with E-state index in [9.17, 15) is 56.7 Å². The van der Waals surface area contributed by atoms with Crippen LogP contribution in [0.15, 0.2) is 82.3 Å². The first-order valence-corrected chi connectivity index (χ1v) is 29.0. The van der Waals surface area contributed by atoms with E-state index in [-0.39, 0.29) is 152 Å². The van der Waals surface area contributed by atoms with E-state index >= 15 is 0 Å². The van der Waals surface area contributed by atoms with E-state index < -0.39 is 73.7 Å². The van der Waals surface area contributed by atoms with Gasteiger partial charge >= 0.3 is 94.6 Å². The molecule has 2 aromatic carbocycles. The molecule has 2 aliphatic rings. The minimum atomic E-state index is -4.92. The van der Waals surface area contributed by atoms with Crippen molar-refractivity contribution in [1.29, 1.82) is 0 Å². The van der Waals surface area contributed by atoms with Crippen LogP contribution in [0, 0.1) is 0 Å². The summed E-state index contributed by atoms with van der Waals surface area (Å²) >= 11 is 0. The maximum absolute atomic E-state index is 12.4. The van der Waals surface area contributed by atoms with Gasteiger partial charge in [-0.1, -0.05) is 18.2 Å². The Balaban J connectivity index is 0.00000913. The summed E-state index contributed by atoms with van der Waals surface area (Å²) in [5, 5.41) is 9.17. The maximum Gasteiger partial charge on any atom is 1.00 e. The van der Waals surface area contributed by atoms with E-state index in [1.807, 2.05) is 9.48 Å². The molecule has 28 heteroatoms. The van der Waals surface area contributed by atoms with Crippen molar-refractivity contribution >= 4 is 63.5 Å². The van der Waals surface area contributed by atoms with Crippen molar-refractivity contribution in [3.8, 4) is 0 Å². The number of unbranched alkanes of at least 4 members (excludes halogenated alkanes) is 2.